The van der Waals surface area contributed by atoms with E-state index in [1.807, 2.05) is 0 Å². The highest BCUT2D eigenvalue weighted by Crippen LogP contribution is 2.17. The van der Waals surface area contributed by atoms with Crippen molar-refractivity contribution in [1.82, 2.24) is 5.32 Å². The molecule has 0 bridgehead atoms. The van der Waals surface area contributed by atoms with Gasteiger partial charge < -0.3 is 10.4 Å². The Morgan fingerprint density at radius 1 is 1.32 bits per heavy atom. The minimum atomic E-state index is -1.05. The summed E-state index contributed by atoms with van der Waals surface area (Å²) in [4.78, 5) is 11.8. The number of hydrogen-bond donors (Lipinski definition) is 2. The van der Waals surface area contributed by atoms with Gasteiger partial charge in [0, 0.05) is 6.54 Å². The Bertz CT molecular complexity index is 471. The van der Waals surface area contributed by atoms with Crippen molar-refractivity contribution in [3.8, 4) is 0 Å². The van der Waals surface area contributed by atoms with E-state index in [9.17, 15) is 18.7 Å². The summed E-state index contributed by atoms with van der Waals surface area (Å²) in [6.07, 6.45) is 0.894. The van der Waals surface area contributed by atoms with Gasteiger partial charge in [0.1, 0.15) is 17.2 Å². The predicted octanol–water partition coefficient (Wildman–Crippen LogP) is 2.55. The number of carbonyl (C=O) groups excluding carboxylic acids is 1. The van der Waals surface area contributed by atoms with E-state index >= 15 is 0 Å². The maximum absolute atomic E-state index is 13.7. The number of aliphatic hydroxyl groups is 1. The Labute approximate surface area is 111 Å². The van der Waals surface area contributed by atoms with Crippen LogP contribution in [0.3, 0.4) is 0 Å². The SMILES string of the molecule is CCC(O)(CC)CNC(=O)c1c(F)ccc(C)c1F. The summed E-state index contributed by atoms with van der Waals surface area (Å²) in [7, 11) is 0. The molecule has 0 aliphatic heterocycles. The van der Waals surface area contributed by atoms with Crippen LogP contribution in [0.2, 0.25) is 0 Å². The molecule has 0 radical (unpaired) electrons. The fourth-order valence-corrected chi connectivity index (χ4v) is 1.70. The number of benzene rings is 1. The molecular weight excluding hydrogens is 252 g/mol. The molecule has 0 saturated heterocycles. The number of hydrogen-bond acceptors (Lipinski definition) is 2. The zero-order valence-corrected chi connectivity index (χ0v) is 11.4. The summed E-state index contributed by atoms with van der Waals surface area (Å²) < 4.78 is 27.2. The van der Waals surface area contributed by atoms with Crippen LogP contribution in [-0.2, 0) is 0 Å². The lowest BCUT2D eigenvalue weighted by Crippen LogP contribution is -2.42. The molecule has 1 rings (SSSR count). The van der Waals surface area contributed by atoms with Crippen LogP contribution >= 0.6 is 0 Å². The third-order valence-electron chi connectivity index (χ3n) is 3.41. The Balaban J connectivity index is 2.88. The number of halogens is 2. The van der Waals surface area contributed by atoms with Gasteiger partial charge in [-0.05, 0) is 31.4 Å². The molecule has 0 aliphatic rings. The van der Waals surface area contributed by atoms with Crippen LogP contribution in [0, 0.1) is 18.6 Å². The van der Waals surface area contributed by atoms with Gasteiger partial charge >= 0.3 is 0 Å². The van der Waals surface area contributed by atoms with E-state index in [1.54, 1.807) is 13.8 Å². The molecule has 1 amide bonds. The van der Waals surface area contributed by atoms with E-state index in [0.29, 0.717) is 12.8 Å². The zero-order valence-electron chi connectivity index (χ0n) is 11.4. The van der Waals surface area contributed by atoms with Gasteiger partial charge in [0.2, 0.25) is 0 Å². The van der Waals surface area contributed by atoms with Crippen LogP contribution in [0.5, 0.6) is 0 Å². The highest BCUT2D eigenvalue weighted by molar-refractivity contribution is 5.95. The van der Waals surface area contributed by atoms with Gasteiger partial charge in [-0.1, -0.05) is 19.9 Å². The number of rotatable bonds is 5. The standard InChI is InChI=1S/C14H19F2NO2/c1-4-14(19,5-2)8-17-13(18)11-10(15)7-6-9(3)12(11)16/h6-7,19H,4-5,8H2,1-3H3,(H,17,18). The molecule has 1 aromatic rings. The van der Waals surface area contributed by atoms with Crippen LogP contribution < -0.4 is 5.32 Å². The second-order valence-corrected chi connectivity index (χ2v) is 4.67. The lowest BCUT2D eigenvalue weighted by molar-refractivity contribution is 0.0312. The van der Waals surface area contributed by atoms with Crippen molar-refractivity contribution < 1.29 is 18.7 Å². The minimum Gasteiger partial charge on any atom is -0.388 e. The topological polar surface area (TPSA) is 49.3 Å². The highest BCUT2D eigenvalue weighted by Gasteiger charge is 2.25. The Hall–Kier alpha value is -1.49. The van der Waals surface area contributed by atoms with Gasteiger partial charge in [-0.3, -0.25) is 4.79 Å². The molecular formula is C14H19F2NO2. The summed E-state index contributed by atoms with van der Waals surface area (Å²) in [5, 5.41) is 12.4. The van der Waals surface area contributed by atoms with Crippen molar-refractivity contribution in [2.75, 3.05) is 6.54 Å². The van der Waals surface area contributed by atoms with E-state index < -0.39 is 28.7 Å². The van der Waals surface area contributed by atoms with E-state index in [-0.39, 0.29) is 12.1 Å². The first-order valence-electron chi connectivity index (χ1n) is 6.29. The van der Waals surface area contributed by atoms with Gasteiger partial charge in [0.15, 0.2) is 0 Å². The number of nitrogens with one attached hydrogen (secondary N) is 1. The van der Waals surface area contributed by atoms with Crippen molar-refractivity contribution in [2.45, 2.75) is 39.2 Å². The van der Waals surface area contributed by atoms with E-state index in [4.69, 9.17) is 0 Å². The maximum Gasteiger partial charge on any atom is 0.257 e. The molecule has 5 heteroatoms. The molecule has 19 heavy (non-hydrogen) atoms. The van der Waals surface area contributed by atoms with Gasteiger partial charge in [-0.25, -0.2) is 8.78 Å². The van der Waals surface area contributed by atoms with Crippen LogP contribution in [0.25, 0.3) is 0 Å². The molecule has 106 valence electrons. The number of aryl methyl sites for hydroxylation is 1. The van der Waals surface area contributed by atoms with Gasteiger partial charge in [-0.15, -0.1) is 0 Å². The summed E-state index contributed by atoms with van der Waals surface area (Å²) >= 11 is 0. The summed E-state index contributed by atoms with van der Waals surface area (Å²) in [5.74, 6) is -2.62. The Morgan fingerprint density at radius 3 is 2.42 bits per heavy atom. The van der Waals surface area contributed by atoms with Crippen LogP contribution in [-0.4, -0.2) is 23.2 Å². The fraction of sp³-hybridized carbons (Fsp3) is 0.500. The van der Waals surface area contributed by atoms with E-state index in [2.05, 4.69) is 5.32 Å². The molecule has 0 aliphatic carbocycles. The first-order valence-corrected chi connectivity index (χ1v) is 6.29. The average molecular weight is 271 g/mol. The van der Waals surface area contributed by atoms with Crippen molar-refractivity contribution >= 4 is 5.91 Å². The van der Waals surface area contributed by atoms with Crippen molar-refractivity contribution in [1.29, 1.82) is 0 Å². The Morgan fingerprint density at radius 2 is 1.89 bits per heavy atom. The smallest absolute Gasteiger partial charge is 0.257 e. The first kappa shape index (κ1) is 15.6. The number of amides is 1. The van der Waals surface area contributed by atoms with E-state index in [0.717, 1.165) is 6.07 Å². The third kappa shape index (κ3) is 3.50. The normalized spacial score (nSPS) is 11.5. The van der Waals surface area contributed by atoms with Gasteiger partial charge in [0.05, 0.1) is 5.60 Å². The lowest BCUT2D eigenvalue weighted by atomic mass is 9.97. The molecule has 0 aromatic heterocycles. The largest absolute Gasteiger partial charge is 0.388 e. The molecule has 2 N–H and O–H groups in total. The average Bonchev–Trinajstić information content (AvgIpc) is 2.40. The molecule has 0 atom stereocenters. The summed E-state index contributed by atoms with van der Waals surface area (Å²) in [6.45, 7) is 4.98. The predicted molar refractivity (Wildman–Crippen MR) is 69.0 cm³/mol. The quantitative estimate of drug-likeness (QED) is 0.864. The van der Waals surface area contributed by atoms with Gasteiger partial charge in [-0.2, -0.15) is 0 Å². The van der Waals surface area contributed by atoms with Crippen LogP contribution in [0.4, 0.5) is 8.78 Å². The van der Waals surface area contributed by atoms with Crippen LogP contribution in [0.1, 0.15) is 42.6 Å². The third-order valence-corrected chi connectivity index (χ3v) is 3.41. The fourth-order valence-electron chi connectivity index (χ4n) is 1.70. The second kappa shape index (κ2) is 6.10. The van der Waals surface area contributed by atoms with E-state index in [1.165, 1.54) is 13.0 Å². The molecule has 0 fully saturated rings. The lowest BCUT2D eigenvalue weighted by Gasteiger charge is -2.25. The monoisotopic (exact) mass is 271 g/mol. The summed E-state index contributed by atoms with van der Waals surface area (Å²) in [6, 6.07) is 2.33. The first-order chi connectivity index (χ1) is 8.84. The molecule has 3 nitrogen and oxygen atoms in total. The second-order valence-electron chi connectivity index (χ2n) is 4.67. The maximum atomic E-state index is 13.7. The zero-order chi connectivity index (χ0) is 14.6. The Kier molecular flexibility index (Phi) is 5.00. The molecule has 0 unspecified atom stereocenters. The van der Waals surface area contributed by atoms with Crippen molar-refractivity contribution in [3.63, 3.8) is 0 Å². The molecule has 0 spiro atoms. The van der Waals surface area contributed by atoms with Crippen LogP contribution in [0.15, 0.2) is 12.1 Å². The van der Waals surface area contributed by atoms with Crippen molar-refractivity contribution in [2.24, 2.45) is 0 Å². The van der Waals surface area contributed by atoms with Crippen molar-refractivity contribution in [3.05, 3.63) is 34.9 Å². The molecule has 1 aromatic carbocycles. The highest BCUT2D eigenvalue weighted by atomic mass is 19.1. The summed E-state index contributed by atoms with van der Waals surface area (Å²) in [5.41, 5.74) is -1.45. The number of carbonyl (C=O) groups is 1. The molecule has 0 heterocycles. The van der Waals surface area contributed by atoms with Gasteiger partial charge in [0.25, 0.3) is 5.91 Å². The minimum absolute atomic E-state index is 0.0361. The molecule has 0 saturated carbocycles.